The van der Waals surface area contributed by atoms with E-state index in [1.165, 1.54) is 6.07 Å². The minimum absolute atomic E-state index is 0.121. The van der Waals surface area contributed by atoms with E-state index < -0.39 is 0 Å². The van der Waals surface area contributed by atoms with Crippen molar-refractivity contribution in [3.8, 4) is 0 Å². The van der Waals surface area contributed by atoms with E-state index in [1.807, 2.05) is 6.92 Å². The zero-order valence-corrected chi connectivity index (χ0v) is 9.03. The highest BCUT2D eigenvalue weighted by Crippen LogP contribution is 2.15. The van der Waals surface area contributed by atoms with Crippen LogP contribution in [-0.2, 0) is 0 Å². The lowest BCUT2D eigenvalue weighted by atomic mass is 10.1. The van der Waals surface area contributed by atoms with E-state index >= 15 is 0 Å². The molecule has 2 rings (SSSR count). The summed E-state index contributed by atoms with van der Waals surface area (Å²) in [6.45, 7) is 1.97. The highest BCUT2D eigenvalue weighted by atomic mass is 16.4. The minimum Gasteiger partial charge on any atom is -0.423 e. The number of fused-ring (bicyclic) bond motifs is 1. The van der Waals surface area contributed by atoms with Crippen LogP contribution in [-0.4, -0.2) is 5.78 Å². The van der Waals surface area contributed by atoms with E-state index in [-0.39, 0.29) is 11.4 Å². The number of carbonyl (C=O) groups is 1. The Bertz CT molecular complexity index is 581. The predicted octanol–water partition coefficient (Wildman–Crippen LogP) is 2.78. The van der Waals surface area contributed by atoms with E-state index in [9.17, 15) is 9.59 Å². The van der Waals surface area contributed by atoms with Crippen LogP contribution in [0.2, 0.25) is 0 Å². The van der Waals surface area contributed by atoms with Crippen LogP contribution in [0.5, 0.6) is 0 Å². The first-order chi connectivity index (χ1) is 7.70. The molecular formula is C13H12O3. The van der Waals surface area contributed by atoms with Gasteiger partial charge in [0.25, 0.3) is 0 Å². The molecule has 1 aromatic carbocycles. The first-order valence-electron chi connectivity index (χ1n) is 5.28. The number of hydrogen-bond acceptors (Lipinski definition) is 3. The number of ketones is 1. The molecule has 0 radical (unpaired) electrons. The van der Waals surface area contributed by atoms with Crippen molar-refractivity contribution in [2.75, 3.05) is 0 Å². The zero-order chi connectivity index (χ0) is 11.5. The van der Waals surface area contributed by atoms with Gasteiger partial charge < -0.3 is 4.42 Å². The molecule has 0 atom stereocenters. The molecule has 0 N–H and O–H groups in total. The molecule has 3 nitrogen and oxygen atoms in total. The Morgan fingerprint density at radius 3 is 2.81 bits per heavy atom. The Hall–Kier alpha value is -1.90. The first kappa shape index (κ1) is 10.6. The van der Waals surface area contributed by atoms with E-state index in [4.69, 9.17) is 4.42 Å². The Kier molecular flexibility index (Phi) is 2.86. The lowest BCUT2D eigenvalue weighted by Gasteiger charge is -2.00. The molecule has 0 aliphatic heterocycles. The molecular weight excluding hydrogens is 204 g/mol. The maximum Gasteiger partial charge on any atom is 0.336 e. The molecule has 0 aliphatic rings. The number of Topliss-reactive ketones (excluding diaryl/α,β-unsaturated/α-hetero) is 1. The van der Waals surface area contributed by atoms with Gasteiger partial charge in [0, 0.05) is 23.4 Å². The molecule has 82 valence electrons. The van der Waals surface area contributed by atoms with Crippen molar-refractivity contribution >= 4 is 16.8 Å². The van der Waals surface area contributed by atoms with Crippen molar-refractivity contribution in [1.82, 2.24) is 0 Å². The van der Waals surface area contributed by atoms with E-state index in [2.05, 4.69) is 0 Å². The molecule has 16 heavy (non-hydrogen) atoms. The molecule has 3 heteroatoms. The van der Waals surface area contributed by atoms with Gasteiger partial charge in [0.05, 0.1) is 0 Å². The van der Waals surface area contributed by atoms with Crippen molar-refractivity contribution in [3.63, 3.8) is 0 Å². The molecule has 0 unspecified atom stereocenters. The summed E-state index contributed by atoms with van der Waals surface area (Å²) in [6.07, 6.45) is 1.38. The molecule has 2 aromatic rings. The second-order valence-electron chi connectivity index (χ2n) is 3.68. The standard InChI is InChI=1S/C13H12O3/c1-2-3-11(14)9-4-6-12-10(8-9)5-7-13(15)16-12/h4-8H,2-3H2,1H3. The molecule has 1 aromatic heterocycles. The second-order valence-corrected chi connectivity index (χ2v) is 3.68. The third kappa shape index (κ3) is 2.03. The van der Waals surface area contributed by atoms with Crippen LogP contribution in [0, 0.1) is 0 Å². The fourth-order valence-electron chi connectivity index (χ4n) is 1.62. The molecule has 0 aliphatic carbocycles. The third-order valence-electron chi connectivity index (χ3n) is 2.42. The topological polar surface area (TPSA) is 47.3 Å². The Morgan fingerprint density at radius 2 is 2.06 bits per heavy atom. The first-order valence-corrected chi connectivity index (χ1v) is 5.28. The molecule has 0 bridgehead atoms. The summed E-state index contributed by atoms with van der Waals surface area (Å²) >= 11 is 0. The summed E-state index contributed by atoms with van der Waals surface area (Å²) in [7, 11) is 0. The van der Waals surface area contributed by atoms with Crippen molar-refractivity contribution < 1.29 is 9.21 Å². The Morgan fingerprint density at radius 1 is 1.25 bits per heavy atom. The average molecular weight is 216 g/mol. The molecule has 0 saturated carbocycles. The molecule has 0 saturated heterocycles. The number of carbonyl (C=O) groups excluding carboxylic acids is 1. The van der Waals surface area contributed by atoms with Crippen LogP contribution in [0.1, 0.15) is 30.1 Å². The Balaban J connectivity index is 2.48. The highest BCUT2D eigenvalue weighted by Gasteiger charge is 2.06. The van der Waals surface area contributed by atoms with Crippen LogP contribution >= 0.6 is 0 Å². The predicted molar refractivity (Wildman–Crippen MR) is 61.7 cm³/mol. The van der Waals surface area contributed by atoms with Gasteiger partial charge in [-0.2, -0.15) is 0 Å². The summed E-state index contributed by atoms with van der Waals surface area (Å²) in [6, 6.07) is 8.15. The quantitative estimate of drug-likeness (QED) is 0.585. The van der Waals surface area contributed by atoms with Crippen molar-refractivity contribution in [2.24, 2.45) is 0 Å². The summed E-state index contributed by atoms with van der Waals surface area (Å²) in [4.78, 5) is 22.6. The minimum atomic E-state index is -0.375. The van der Waals surface area contributed by atoms with Crippen molar-refractivity contribution in [2.45, 2.75) is 19.8 Å². The number of benzene rings is 1. The number of rotatable bonds is 3. The van der Waals surface area contributed by atoms with Gasteiger partial charge in [-0.25, -0.2) is 4.79 Å². The monoisotopic (exact) mass is 216 g/mol. The van der Waals surface area contributed by atoms with Crippen LogP contribution in [0.15, 0.2) is 39.5 Å². The van der Waals surface area contributed by atoms with Gasteiger partial charge in [0.2, 0.25) is 0 Å². The summed E-state index contributed by atoms with van der Waals surface area (Å²) in [5, 5.41) is 0.779. The van der Waals surface area contributed by atoms with Gasteiger partial charge in [-0.3, -0.25) is 4.79 Å². The maximum atomic E-state index is 11.7. The Labute approximate surface area is 92.7 Å². The van der Waals surface area contributed by atoms with Gasteiger partial charge >= 0.3 is 5.63 Å². The van der Waals surface area contributed by atoms with Gasteiger partial charge in [0.1, 0.15) is 5.58 Å². The zero-order valence-electron chi connectivity index (χ0n) is 9.03. The lowest BCUT2D eigenvalue weighted by molar-refractivity contribution is 0.0982. The summed E-state index contributed by atoms with van der Waals surface area (Å²) in [5.41, 5.74) is 0.809. The van der Waals surface area contributed by atoms with Crippen LogP contribution in [0.25, 0.3) is 11.0 Å². The maximum absolute atomic E-state index is 11.7. The van der Waals surface area contributed by atoms with Gasteiger partial charge in [-0.05, 0) is 30.7 Å². The SMILES string of the molecule is CCCC(=O)c1ccc2oc(=O)ccc2c1. The summed E-state index contributed by atoms with van der Waals surface area (Å²) in [5.74, 6) is 0.121. The fraction of sp³-hybridized carbons (Fsp3) is 0.231. The molecule has 0 amide bonds. The van der Waals surface area contributed by atoms with Crippen LogP contribution in [0.4, 0.5) is 0 Å². The number of hydrogen-bond donors (Lipinski definition) is 0. The molecule has 0 spiro atoms. The van der Waals surface area contributed by atoms with Gasteiger partial charge in [-0.1, -0.05) is 6.92 Å². The largest absolute Gasteiger partial charge is 0.423 e. The van der Waals surface area contributed by atoms with E-state index in [1.54, 1.807) is 24.3 Å². The fourth-order valence-corrected chi connectivity index (χ4v) is 1.62. The van der Waals surface area contributed by atoms with Crippen molar-refractivity contribution in [3.05, 3.63) is 46.3 Å². The van der Waals surface area contributed by atoms with Gasteiger partial charge in [0.15, 0.2) is 5.78 Å². The normalized spacial score (nSPS) is 10.6. The molecule has 0 fully saturated rings. The lowest BCUT2D eigenvalue weighted by Crippen LogP contribution is -1.99. The van der Waals surface area contributed by atoms with Crippen molar-refractivity contribution in [1.29, 1.82) is 0 Å². The van der Waals surface area contributed by atoms with E-state index in [0.29, 0.717) is 17.6 Å². The highest BCUT2D eigenvalue weighted by molar-refractivity contribution is 5.99. The second kappa shape index (κ2) is 4.31. The average Bonchev–Trinajstić information content (AvgIpc) is 2.28. The molecule has 1 heterocycles. The van der Waals surface area contributed by atoms with Crippen LogP contribution < -0.4 is 5.63 Å². The smallest absolute Gasteiger partial charge is 0.336 e. The van der Waals surface area contributed by atoms with Gasteiger partial charge in [-0.15, -0.1) is 0 Å². The van der Waals surface area contributed by atoms with Crippen LogP contribution in [0.3, 0.4) is 0 Å². The third-order valence-corrected chi connectivity index (χ3v) is 2.42. The van der Waals surface area contributed by atoms with E-state index in [0.717, 1.165) is 11.8 Å². The summed E-state index contributed by atoms with van der Waals surface area (Å²) < 4.78 is 4.99.